The van der Waals surface area contributed by atoms with E-state index in [0.29, 0.717) is 30.1 Å². The fraction of sp³-hybridized carbons (Fsp3) is 0.800. The van der Waals surface area contributed by atoms with Crippen LogP contribution in [-0.4, -0.2) is 102 Å². The molecule has 0 bridgehead atoms. The molecule has 1 amide bonds. The van der Waals surface area contributed by atoms with Gasteiger partial charge in [0.25, 0.3) is 0 Å². The van der Waals surface area contributed by atoms with E-state index in [-0.39, 0.29) is 48.9 Å². The van der Waals surface area contributed by atoms with Crippen LogP contribution in [0.4, 0.5) is 9.59 Å². The van der Waals surface area contributed by atoms with Gasteiger partial charge in [0.2, 0.25) is 0 Å². The molecule has 316 valence electrons. The van der Waals surface area contributed by atoms with Gasteiger partial charge in [-0.15, -0.1) is 0 Å². The first-order valence-corrected chi connectivity index (χ1v) is 19.7. The maximum absolute atomic E-state index is 12.3. The van der Waals surface area contributed by atoms with Gasteiger partial charge in [-0.2, -0.15) is 9.59 Å². The van der Waals surface area contributed by atoms with E-state index in [1.165, 1.54) is 17.9 Å². The van der Waals surface area contributed by atoms with Crippen molar-refractivity contribution < 1.29 is 56.8 Å². The standard InChI is InChI=1S/C20H32BNO6.C19H36BNO4.CO2/c1-18(2,3)26-17(24)22-12-14(15(13-22)16(23)25-8)10-9-11-21-27-19(4,5)20(6,7)28-21;1-14-12-21(16(22)23-17(2,3)4)13-15(14)10-9-11-20-24-18(5,6)19(7,8)25-20;2-1-3/h12-13H,9-11H2,1-8H3;14-15H,9-13H2,1-8H3;. The van der Waals surface area contributed by atoms with Gasteiger partial charge in [-0.1, -0.05) is 19.8 Å². The third kappa shape index (κ3) is 14.0. The lowest BCUT2D eigenvalue weighted by molar-refractivity contribution is -0.191. The smallest absolute Gasteiger partial charge is 0.457 e. The fourth-order valence-electron chi connectivity index (χ4n) is 6.47. The number of hydrogen-bond acceptors (Lipinski definition) is 12. The first kappa shape index (κ1) is 49.0. The lowest BCUT2D eigenvalue weighted by Gasteiger charge is -2.32. The van der Waals surface area contributed by atoms with Crippen LogP contribution >= 0.6 is 0 Å². The third-order valence-corrected chi connectivity index (χ3v) is 10.8. The molecule has 1 aromatic heterocycles. The Hall–Kier alpha value is -3.16. The predicted octanol–water partition coefficient (Wildman–Crippen LogP) is 7.86. The molecule has 14 nitrogen and oxygen atoms in total. The number of likely N-dealkylation sites (tertiary alicyclic amines) is 1. The maximum atomic E-state index is 12.3. The Bertz CT molecular complexity index is 1490. The van der Waals surface area contributed by atoms with Gasteiger partial charge < -0.3 is 37.7 Å². The summed E-state index contributed by atoms with van der Waals surface area (Å²) in [5, 5.41) is 0. The highest BCUT2D eigenvalue weighted by molar-refractivity contribution is 6.45. The molecule has 56 heavy (non-hydrogen) atoms. The zero-order valence-corrected chi connectivity index (χ0v) is 36.9. The molecule has 0 N–H and O–H groups in total. The molecule has 1 aromatic rings. The molecule has 0 aliphatic carbocycles. The number of nitrogens with zero attached hydrogens (tertiary/aromatic N) is 2. The molecule has 16 heteroatoms. The molecule has 2 atom stereocenters. The number of ether oxygens (including phenoxy) is 3. The largest absolute Gasteiger partial charge is 0.465 e. The van der Waals surface area contributed by atoms with Crippen molar-refractivity contribution >= 4 is 38.5 Å². The summed E-state index contributed by atoms with van der Waals surface area (Å²) in [4.78, 5) is 54.8. The van der Waals surface area contributed by atoms with E-state index in [9.17, 15) is 14.4 Å². The highest BCUT2D eigenvalue weighted by Crippen LogP contribution is 2.40. The highest BCUT2D eigenvalue weighted by atomic mass is 16.7. The Morgan fingerprint density at radius 1 is 0.750 bits per heavy atom. The van der Waals surface area contributed by atoms with Gasteiger partial charge in [-0.05, 0) is 140 Å². The number of rotatable bonds is 9. The van der Waals surface area contributed by atoms with Crippen molar-refractivity contribution in [2.45, 2.75) is 176 Å². The molecule has 0 aromatic carbocycles. The van der Waals surface area contributed by atoms with E-state index < -0.39 is 23.3 Å². The average Bonchev–Trinajstić information content (AvgIpc) is 3.72. The minimum Gasteiger partial charge on any atom is -0.465 e. The van der Waals surface area contributed by atoms with E-state index in [0.717, 1.165) is 44.2 Å². The van der Waals surface area contributed by atoms with Crippen molar-refractivity contribution in [1.82, 2.24) is 9.47 Å². The van der Waals surface area contributed by atoms with E-state index in [4.69, 9.17) is 42.4 Å². The molecule has 2 unspecified atom stereocenters. The van der Waals surface area contributed by atoms with Crippen LogP contribution in [0.3, 0.4) is 0 Å². The third-order valence-electron chi connectivity index (χ3n) is 10.8. The quantitative estimate of drug-likeness (QED) is 0.136. The monoisotopic (exact) mass is 790 g/mol. The molecular formula is C40H68B2N2O12. The number of esters is 1. The number of carbonyl (C=O) groups is 3. The second kappa shape index (κ2) is 19.1. The lowest BCUT2D eigenvalue weighted by atomic mass is 9.80. The zero-order chi connectivity index (χ0) is 43.1. The lowest BCUT2D eigenvalue weighted by Crippen LogP contribution is -2.41. The fourth-order valence-corrected chi connectivity index (χ4v) is 6.47. The summed E-state index contributed by atoms with van der Waals surface area (Å²) in [5.41, 5.74) is -1.21. The Labute approximate surface area is 335 Å². The minimum absolute atomic E-state index is 0.122. The molecule has 0 saturated carbocycles. The van der Waals surface area contributed by atoms with Gasteiger partial charge in [-0.25, -0.2) is 14.4 Å². The average molecular weight is 791 g/mol. The maximum Gasteiger partial charge on any atom is 0.457 e. The first-order chi connectivity index (χ1) is 25.5. The molecule has 3 aliphatic heterocycles. The van der Waals surface area contributed by atoms with Gasteiger partial charge in [-0.3, -0.25) is 4.57 Å². The Morgan fingerprint density at radius 2 is 1.18 bits per heavy atom. The number of carbonyl (C=O) groups excluding carboxylic acids is 5. The molecule has 4 heterocycles. The molecule has 0 radical (unpaired) electrons. The topological polar surface area (TPSA) is 158 Å². The number of amides is 1. The van der Waals surface area contributed by atoms with Gasteiger partial charge >= 0.3 is 38.5 Å². The Morgan fingerprint density at radius 3 is 1.61 bits per heavy atom. The van der Waals surface area contributed by atoms with Gasteiger partial charge in [0, 0.05) is 25.5 Å². The summed E-state index contributed by atoms with van der Waals surface area (Å²) in [7, 11) is 0.907. The van der Waals surface area contributed by atoms with Crippen LogP contribution < -0.4 is 0 Å². The van der Waals surface area contributed by atoms with Crippen LogP contribution in [-0.2, 0) is 48.8 Å². The molecule has 0 spiro atoms. The molecule has 3 aliphatic rings. The number of aromatic nitrogens is 1. The van der Waals surface area contributed by atoms with E-state index in [2.05, 4.69) is 34.6 Å². The van der Waals surface area contributed by atoms with Crippen molar-refractivity contribution in [3.63, 3.8) is 0 Å². The van der Waals surface area contributed by atoms with Crippen LogP contribution in [0.15, 0.2) is 12.4 Å². The van der Waals surface area contributed by atoms with Crippen molar-refractivity contribution in [1.29, 1.82) is 0 Å². The minimum atomic E-state index is -0.621. The number of methoxy groups -OCH3 is 1. The summed E-state index contributed by atoms with van der Waals surface area (Å²) in [6.07, 6.45) is 7.67. The summed E-state index contributed by atoms with van der Waals surface area (Å²) in [6.45, 7) is 31.3. The second-order valence-electron chi connectivity index (χ2n) is 19.0. The first-order valence-electron chi connectivity index (χ1n) is 19.7. The summed E-state index contributed by atoms with van der Waals surface area (Å²) >= 11 is 0. The molecular weight excluding hydrogens is 722 g/mol. The van der Waals surface area contributed by atoms with Gasteiger partial charge in [0.05, 0.1) is 35.1 Å². The Kier molecular flexibility index (Phi) is 16.7. The number of hydrogen-bond donors (Lipinski definition) is 0. The van der Waals surface area contributed by atoms with Crippen LogP contribution in [0.1, 0.15) is 139 Å². The van der Waals surface area contributed by atoms with Crippen molar-refractivity contribution in [2.24, 2.45) is 11.8 Å². The highest BCUT2D eigenvalue weighted by Gasteiger charge is 2.51. The summed E-state index contributed by atoms with van der Waals surface area (Å²) in [6, 6.07) is 0. The SMILES string of the molecule is CC1CN(C(=O)OC(C)(C)C)CC1CCCB1OC(C)(C)C(C)(C)O1.COC(=O)c1cn(C(=O)OC(C)(C)C)cc1CCCB1OC(C)(C)C(C)(C)O1.O=C=O. The van der Waals surface area contributed by atoms with Gasteiger partial charge in [0.15, 0.2) is 0 Å². The number of aryl methyl sites for hydroxylation is 1. The Balaban J connectivity index is 0.000000363. The zero-order valence-electron chi connectivity index (χ0n) is 36.9. The van der Waals surface area contributed by atoms with E-state index in [1.807, 2.05) is 53.4 Å². The van der Waals surface area contributed by atoms with E-state index >= 15 is 0 Å². The van der Waals surface area contributed by atoms with Crippen molar-refractivity contribution in [3.05, 3.63) is 23.5 Å². The van der Waals surface area contributed by atoms with Crippen molar-refractivity contribution in [3.8, 4) is 0 Å². The molecule has 3 fully saturated rings. The van der Waals surface area contributed by atoms with Crippen LogP contribution in [0, 0.1) is 11.8 Å². The van der Waals surface area contributed by atoms with Gasteiger partial charge in [0.1, 0.15) is 11.2 Å². The van der Waals surface area contributed by atoms with E-state index in [1.54, 1.807) is 27.0 Å². The van der Waals surface area contributed by atoms with Crippen LogP contribution in [0.25, 0.3) is 0 Å². The van der Waals surface area contributed by atoms with Crippen molar-refractivity contribution in [2.75, 3.05) is 20.2 Å². The summed E-state index contributed by atoms with van der Waals surface area (Å²) < 4.78 is 41.1. The van der Waals surface area contributed by atoms with Crippen LogP contribution in [0.2, 0.25) is 12.6 Å². The summed E-state index contributed by atoms with van der Waals surface area (Å²) in [5.74, 6) is 0.550. The normalized spacial score (nSPS) is 22.0. The molecule has 3 saturated heterocycles. The van der Waals surface area contributed by atoms with Crippen LogP contribution in [0.5, 0.6) is 0 Å². The second-order valence-corrected chi connectivity index (χ2v) is 19.0. The predicted molar refractivity (Wildman–Crippen MR) is 212 cm³/mol. The molecule has 4 rings (SSSR count).